The summed E-state index contributed by atoms with van der Waals surface area (Å²) in [5, 5.41) is 5.04. The first-order valence-corrected chi connectivity index (χ1v) is 9.21. The SMILES string of the molecule is CCN(CCN1CCCC1)C(=O)c1cc(S(N)(=O)=O)ccc1F. The summed E-state index contributed by atoms with van der Waals surface area (Å²) in [6, 6.07) is 3.02. The highest BCUT2D eigenvalue weighted by Crippen LogP contribution is 2.16. The molecule has 0 spiro atoms. The first-order valence-electron chi connectivity index (χ1n) is 7.67. The van der Waals surface area contributed by atoms with Crippen molar-refractivity contribution in [3.05, 3.63) is 29.6 Å². The van der Waals surface area contributed by atoms with Gasteiger partial charge in [0, 0.05) is 19.6 Å². The van der Waals surface area contributed by atoms with Crippen molar-refractivity contribution in [1.82, 2.24) is 9.80 Å². The molecule has 1 saturated heterocycles. The molecular formula is C15H22FN3O3S. The van der Waals surface area contributed by atoms with Crippen LogP contribution in [0.25, 0.3) is 0 Å². The Morgan fingerprint density at radius 2 is 2.00 bits per heavy atom. The van der Waals surface area contributed by atoms with Gasteiger partial charge in [0.15, 0.2) is 0 Å². The molecule has 0 aliphatic carbocycles. The quantitative estimate of drug-likeness (QED) is 0.836. The Balaban J connectivity index is 2.16. The molecule has 1 fully saturated rings. The molecule has 2 N–H and O–H groups in total. The van der Waals surface area contributed by atoms with Crippen molar-refractivity contribution in [1.29, 1.82) is 0 Å². The van der Waals surface area contributed by atoms with E-state index in [1.54, 1.807) is 0 Å². The summed E-state index contributed by atoms with van der Waals surface area (Å²) in [6.45, 7) is 5.47. The topological polar surface area (TPSA) is 83.7 Å². The Bertz CT molecular complexity index is 673. The van der Waals surface area contributed by atoms with Gasteiger partial charge >= 0.3 is 0 Å². The minimum atomic E-state index is -3.98. The third-order valence-electron chi connectivity index (χ3n) is 4.05. The van der Waals surface area contributed by atoms with Gasteiger partial charge in [0.1, 0.15) is 5.82 Å². The summed E-state index contributed by atoms with van der Waals surface area (Å²) in [7, 11) is -3.98. The largest absolute Gasteiger partial charge is 0.338 e. The molecule has 0 radical (unpaired) electrons. The lowest BCUT2D eigenvalue weighted by molar-refractivity contribution is 0.0744. The van der Waals surface area contributed by atoms with Gasteiger partial charge in [-0.1, -0.05) is 0 Å². The Hall–Kier alpha value is -1.51. The third-order valence-corrected chi connectivity index (χ3v) is 4.96. The molecule has 6 nitrogen and oxygen atoms in total. The van der Waals surface area contributed by atoms with Crippen LogP contribution in [0, 0.1) is 5.82 Å². The lowest BCUT2D eigenvalue weighted by Gasteiger charge is -2.24. The molecule has 1 aliphatic rings. The summed E-state index contributed by atoms with van der Waals surface area (Å²) in [5.74, 6) is -1.27. The van der Waals surface area contributed by atoms with Crippen molar-refractivity contribution >= 4 is 15.9 Å². The standard InChI is InChI=1S/C15H22FN3O3S/c1-2-19(10-9-18-7-3-4-8-18)15(20)13-11-12(23(17,21)22)5-6-14(13)16/h5-6,11H,2-4,7-10H2,1H3,(H2,17,21,22). The fourth-order valence-electron chi connectivity index (χ4n) is 2.69. The number of sulfonamides is 1. The maximum atomic E-state index is 14.0. The van der Waals surface area contributed by atoms with Crippen LogP contribution < -0.4 is 5.14 Å². The van der Waals surface area contributed by atoms with Crippen molar-refractivity contribution in [2.24, 2.45) is 5.14 Å². The number of rotatable bonds is 6. The van der Waals surface area contributed by atoms with Gasteiger partial charge in [-0.25, -0.2) is 17.9 Å². The molecule has 1 aliphatic heterocycles. The van der Waals surface area contributed by atoms with E-state index in [-0.39, 0.29) is 10.5 Å². The highest BCUT2D eigenvalue weighted by Gasteiger charge is 2.22. The van der Waals surface area contributed by atoms with Gasteiger partial charge in [0.25, 0.3) is 5.91 Å². The average molecular weight is 343 g/mol. The van der Waals surface area contributed by atoms with Crippen LogP contribution in [0.2, 0.25) is 0 Å². The Morgan fingerprint density at radius 1 is 1.35 bits per heavy atom. The Labute approximate surface area is 136 Å². The van der Waals surface area contributed by atoms with E-state index in [0.29, 0.717) is 13.1 Å². The molecule has 8 heteroatoms. The Morgan fingerprint density at radius 3 is 2.57 bits per heavy atom. The van der Waals surface area contributed by atoms with Crippen molar-refractivity contribution in [2.75, 3.05) is 32.7 Å². The van der Waals surface area contributed by atoms with Crippen LogP contribution in [-0.4, -0.2) is 56.8 Å². The summed E-state index contributed by atoms with van der Waals surface area (Å²) in [5.41, 5.74) is -0.264. The molecule has 23 heavy (non-hydrogen) atoms. The molecule has 1 amide bonds. The fourth-order valence-corrected chi connectivity index (χ4v) is 3.23. The van der Waals surface area contributed by atoms with Crippen LogP contribution in [0.5, 0.6) is 0 Å². The van der Waals surface area contributed by atoms with E-state index in [1.807, 2.05) is 6.92 Å². The third kappa shape index (κ3) is 4.49. The molecule has 0 saturated carbocycles. The smallest absolute Gasteiger partial charge is 0.256 e. The second kappa shape index (κ2) is 7.37. The molecule has 128 valence electrons. The number of nitrogens with zero attached hydrogens (tertiary/aromatic N) is 2. The molecule has 1 heterocycles. The van der Waals surface area contributed by atoms with Gasteiger partial charge < -0.3 is 9.80 Å². The van der Waals surface area contributed by atoms with Crippen LogP contribution in [0.15, 0.2) is 23.1 Å². The van der Waals surface area contributed by atoms with Gasteiger partial charge in [-0.05, 0) is 51.1 Å². The number of amides is 1. The second-order valence-corrected chi connectivity index (χ2v) is 7.18. The lowest BCUT2D eigenvalue weighted by Crippen LogP contribution is -2.38. The van der Waals surface area contributed by atoms with Crippen molar-refractivity contribution in [3.8, 4) is 0 Å². The zero-order valence-electron chi connectivity index (χ0n) is 13.2. The number of nitrogens with two attached hydrogens (primary N) is 1. The molecule has 0 aromatic heterocycles. The molecule has 0 atom stereocenters. The van der Waals surface area contributed by atoms with Crippen LogP contribution >= 0.6 is 0 Å². The average Bonchev–Trinajstić information content (AvgIpc) is 3.00. The van der Waals surface area contributed by atoms with Gasteiger partial charge in [0.05, 0.1) is 10.5 Å². The van der Waals surface area contributed by atoms with Crippen molar-refractivity contribution in [2.45, 2.75) is 24.7 Å². The molecule has 1 aromatic carbocycles. The predicted molar refractivity (Wildman–Crippen MR) is 85.0 cm³/mol. The number of carbonyl (C=O) groups excluding carboxylic acids is 1. The first-order chi connectivity index (χ1) is 10.8. The van der Waals surface area contributed by atoms with Crippen molar-refractivity contribution in [3.63, 3.8) is 0 Å². The van der Waals surface area contributed by atoms with E-state index in [4.69, 9.17) is 5.14 Å². The first kappa shape index (κ1) is 17.8. The van der Waals surface area contributed by atoms with Gasteiger partial charge in [-0.2, -0.15) is 0 Å². The highest BCUT2D eigenvalue weighted by molar-refractivity contribution is 7.89. The maximum Gasteiger partial charge on any atom is 0.256 e. The summed E-state index contributed by atoms with van der Waals surface area (Å²) in [6.07, 6.45) is 2.32. The fraction of sp³-hybridized carbons (Fsp3) is 0.533. The predicted octanol–water partition coefficient (Wildman–Crippen LogP) is 1.03. The van der Waals surface area contributed by atoms with Crippen LogP contribution in [0.3, 0.4) is 0 Å². The number of primary sulfonamides is 1. The number of halogens is 1. The van der Waals surface area contributed by atoms with Crippen LogP contribution in [0.1, 0.15) is 30.1 Å². The van der Waals surface area contributed by atoms with Gasteiger partial charge in [-0.3, -0.25) is 4.79 Å². The number of hydrogen-bond acceptors (Lipinski definition) is 4. The number of hydrogen-bond donors (Lipinski definition) is 1. The number of benzene rings is 1. The highest BCUT2D eigenvalue weighted by atomic mass is 32.2. The zero-order chi connectivity index (χ0) is 17.0. The van der Waals surface area contributed by atoms with E-state index < -0.39 is 21.7 Å². The van der Waals surface area contributed by atoms with E-state index in [9.17, 15) is 17.6 Å². The summed E-state index contributed by atoms with van der Waals surface area (Å²) in [4.78, 5) is 16.0. The maximum absolute atomic E-state index is 14.0. The van der Waals surface area contributed by atoms with E-state index in [1.165, 1.54) is 4.90 Å². The molecule has 0 unspecified atom stereocenters. The summed E-state index contributed by atoms with van der Waals surface area (Å²) >= 11 is 0. The number of likely N-dealkylation sites (tertiary alicyclic amines) is 1. The van der Waals surface area contributed by atoms with Crippen LogP contribution in [-0.2, 0) is 10.0 Å². The van der Waals surface area contributed by atoms with Gasteiger partial charge in [0.2, 0.25) is 10.0 Å². The minimum absolute atomic E-state index is 0.264. The van der Waals surface area contributed by atoms with Crippen LogP contribution in [0.4, 0.5) is 4.39 Å². The normalized spacial score (nSPS) is 15.8. The molecule has 2 rings (SSSR count). The molecule has 0 bridgehead atoms. The lowest BCUT2D eigenvalue weighted by atomic mass is 10.2. The zero-order valence-corrected chi connectivity index (χ0v) is 14.0. The number of likely N-dealkylation sites (N-methyl/N-ethyl adjacent to an activating group) is 1. The summed E-state index contributed by atoms with van der Waals surface area (Å²) < 4.78 is 36.7. The molecule has 1 aromatic rings. The second-order valence-electron chi connectivity index (χ2n) is 5.62. The van der Waals surface area contributed by atoms with E-state index in [2.05, 4.69) is 4.90 Å². The van der Waals surface area contributed by atoms with Gasteiger partial charge in [-0.15, -0.1) is 0 Å². The van der Waals surface area contributed by atoms with E-state index >= 15 is 0 Å². The van der Waals surface area contributed by atoms with Crippen molar-refractivity contribution < 1.29 is 17.6 Å². The van der Waals surface area contributed by atoms with E-state index in [0.717, 1.165) is 50.7 Å². The Kier molecular flexibility index (Phi) is 5.72. The minimum Gasteiger partial charge on any atom is -0.338 e. The number of carbonyl (C=O) groups is 1. The molecular weight excluding hydrogens is 321 g/mol. The monoisotopic (exact) mass is 343 g/mol.